The number of nitrogens with one attached hydrogen (secondary N) is 1. The minimum atomic E-state index is -0.499. The molecule has 1 heterocycles. The van der Waals surface area contributed by atoms with Gasteiger partial charge in [-0.3, -0.25) is 14.9 Å². The number of anilines is 1. The number of hydrogen-bond donors (Lipinski definition) is 1. The van der Waals surface area contributed by atoms with Crippen LogP contribution in [0.1, 0.15) is 32.2 Å². The molecule has 0 unspecified atom stereocenters. The number of nitro groups is 1. The summed E-state index contributed by atoms with van der Waals surface area (Å²) in [5, 5.41) is 22.7. The maximum atomic E-state index is 12.4. The predicted molar refractivity (Wildman–Crippen MR) is 127 cm³/mol. The van der Waals surface area contributed by atoms with Crippen molar-refractivity contribution in [3.8, 4) is 5.75 Å². The van der Waals surface area contributed by atoms with E-state index in [0.717, 1.165) is 12.2 Å². The Morgan fingerprint density at radius 2 is 1.97 bits per heavy atom. The predicted octanol–water partition coefficient (Wildman–Crippen LogP) is 4.71. The summed E-state index contributed by atoms with van der Waals surface area (Å²) in [7, 11) is 0. The van der Waals surface area contributed by atoms with Crippen molar-refractivity contribution in [2.45, 2.75) is 45.5 Å². The molecule has 174 valence electrons. The first kappa shape index (κ1) is 24.2. The van der Waals surface area contributed by atoms with Crippen LogP contribution in [-0.4, -0.2) is 31.3 Å². The molecular weight excluding hydrogens is 442 g/mol. The lowest BCUT2D eigenvalue weighted by molar-refractivity contribution is -0.384. The molecule has 0 atom stereocenters. The molecule has 3 aromatic rings. The van der Waals surface area contributed by atoms with Gasteiger partial charge in [-0.1, -0.05) is 50.7 Å². The van der Waals surface area contributed by atoms with E-state index in [4.69, 9.17) is 4.74 Å². The van der Waals surface area contributed by atoms with Crippen LogP contribution in [-0.2, 0) is 24.4 Å². The van der Waals surface area contributed by atoms with Gasteiger partial charge in [-0.25, -0.2) is 0 Å². The first-order chi connectivity index (χ1) is 15.9. The van der Waals surface area contributed by atoms with Crippen LogP contribution in [0.3, 0.4) is 0 Å². The van der Waals surface area contributed by atoms with Crippen LogP contribution in [0, 0.1) is 16.0 Å². The van der Waals surface area contributed by atoms with Crippen LogP contribution in [0.2, 0.25) is 0 Å². The first-order valence-corrected chi connectivity index (χ1v) is 11.6. The van der Waals surface area contributed by atoms with Gasteiger partial charge in [-0.05, 0) is 36.1 Å². The smallest absolute Gasteiger partial charge is 0.271 e. The number of thioether (sulfide) groups is 1. The van der Waals surface area contributed by atoms with E-state index in [-0.39, 0.29) is 24.0 Å². The number of carbonyl (C=O) groups is 1. The lowest BCUT2D eigenvalue weighted by Gasteiger charge is -2.13. The molecule has 0 aliphatic rings. The van der Waals surface area contributed by atoms with Gasteiger partial charge in [-0.2, -0.15) is 0 Å². The molecule has 0 saturated heterocycles. The molecule has 0 aliphatic carbocycles. The number of non-ortho nitro benzene ring substituents is 1. The van der Waals surface area contributed by atoms with Gasteiger partial charge in [0.05, 0.1) is 10.7 Å². The Kier molecular flexibility index (Phi) is 8.42. The van der Waals surface area contributed by atoms with E-state index in [2.05, 4.69) is 36.3 Å². The fourth-order valence-electron chi connectivity index (χ4n) is 3.07. The van der Waals surface area contributed by atoms with Crippen molar-refractivity contribution in [2.75, 3.05) is 11.1 Å². The molecule has 10 heteroatoms. The van der Waals surface area contributed by atoms with Gasteiger partial charge in [-0.15, -0.1) is 10.2 Å². The molecule has 1 aromatic heterocycles. The molecule has 0 aliphatic heterocycles. The van der Waals surface area contributed by atoms with Crippen molar-refractivity contribution in [3.05, 3.63) is 70.0 Å². The Bertz CT molecular complexity index is 1100. The third-order valence-corrected chi connectivity index (χ3v) is 5.68. The highest BCUT2D eigenvalue weighted by Gasteiger charge is 2.16. The highest BCUT2D eigenvalue weighted by atomic mass is 32.2. The number of ether oxygens (including phenoxy) is 1. The largest absolute Gasteiger partial charge is 0.486 e. The van der Waals surface area contributed by atoms with Crippen molar-refractivity contribution < 1.29 is 14.5 Å². The number of nitro benzene ring substituents is 1. The van der Waals surface area contributed by atoms with Crippen LogP contribution >= 0.6 is 11.8 Å². The summed E-state index contributed by atoms with van der Waals surface area (Å²) in [6, 6.07) is 13.8. The second-order valence-electron chi connectivity index (χ2n) is 7.83. The number of benzene rings is 2. The van der Waals surface area contributed by atoms with E-state index in [1.54, 1.807) is 6.07 Å². The minimum absolute atomic E-state index is 0.0777. The zero-order valence-corrected chi connectivity index (χ0v) is 19.7. The maximum Gasteiger partial charge on any atom is 0.271 e. The van der Waals surface area contributed by atoms with Crippen LogP contribution in [0.5, 0.6) is 5.75 Å². The van der Waals surface area contributed by atoms with Crippen molar-refractivity contribution >= 4 is 29.0 Å². The standard InChI is InChI=1S/C23H27N5O4S/c1-4-17-8-10-20(11-9-17)32-14-21-25-26-23(27(21)13-16(2)3)33-15-22(29)24-18-6-5-7-19(12-18)28(30)31/h5-12,16H,4,13-15H2,1-3H3,(H,24,29). The SMILES string of the molecule is CCc1ccc(OCc2nnc(SCC(=O)Nc3cccc([N+](=O)[O-])c3)n2CC(C)C)cc1. The first-order valence-electron chi connectivity index (χ1n) is 10.7. The van der Waals surface area contributed by atoms with Gasteiger partial charge in [0.2, 0.25) is 5.91 Å². The average molecular weight is 470 g/mol. The Morgan fingerprint density at radius 1 is 1.21 bits per heavy atom. The second kappa shape index (κ2) is 11.5. The van der Waals surface area contributed by atoms with E-state index in [1.807, 2.05) is 28.8 Å². The molecule has 0 spiro atoms. The van der Waals surface area contributed by atoms with Crippen LogP contribution < -0.4 is 10.1 Å². The van der Waals surface area contributed by atoms with Gasteiger partial charge >= 0.3 is 0 Å². The number of aromatic nitrogens is 3. The van der Waals surface area contributed by atoms with Gasteiger partial charge in [0, 0.05) is 24.4 Å². The number of hydrogen-bond acceptors (Lipinski definition) is 7. The number of rotatable bonds is 11. The molecule has 2 aromatic carbocycles. The number of carbonyl (C=O) groups excluding carboxylic acids is 1. The molecular formula is C23H27N5O4S. The van der Waals surface area contributed by atoms with Crippen molar-refractivity contribution in [1.29, 1.82) is 0 Å². The van der Waals surface area contributed by atoms with Gasteiger partial charge in [0.15, 0.2) is 11.0 Å². The van der Waals surface area contributed by atoms with Crippen molar-refractivity contribution in [2.24, 2.45) is 5.92 Å². The van der Waals surface area contributed by atoms with E-state index in [0.29, 0.717) is 29.1 Å². The Labute approximate surface area is 196 Å². The lowest BCUT2D eigenvalue weighted by Crippen LogP contribution is -2.16. The number of aryl methyl sites for hydroxylation is 1. The van der Waals surface area contributed by atoms with Crippen LogP contribution in [0.15, 0.2) is 53.7 Å². The molecule has 1 amide bonds. The average Bonchev–Trinajstić information content (AvgIpc) is 3.17. The molecule has 0 fully saturated rings. The molecule has 9 nitrogen and oxygen atoms in total. The second-order valence-corrected chi connectivity index (χ2v) is 8.78. The highest BCUT2D eigenvalue weighted by molar-refractivity contribution is 7.99. The summed E-state index contributed by atoms with van der Waals surface area (Å²) < 4.78 is 7.86. The molecule has 33 heavy (non-hydrogen) atoms. The molecule has 1 N–H and O–H groups in total. The summed E-state index contributed by atoms with van der Waals surface area (Å²) in [4.78, 5) is 22.8. The van der Waals surface area contributed by atoms with Gasteiger partial charge < -0.3 is 14.6 Å². The summed E-state index contributed by atoms with van der Waals surface area (Å²) >= 11 is 1.26. The van der Waals surface area contributed by atoms with Crippen LogP contribution in [0.4, 0.5) is 11.4 Å². The van der Waals surface area contributed by atoms with Gasteiger partial charge in [0.1, 0.15) is 12.4 Å². The quantitative estimate of drug-likeness (QED) is 0.246. The van der Waals surface area contributed by atoms with Gasteiger partial charge in [0.25, 0.3) is 5.69 Å². The third kappa shape index (κ3) is 7.04. The fraction of sp³-hybridized carbons (Fsp3) is 0.348. The zero-order valence-electron chi connectivity index (χ0n) is 18.9. The summed E-state index contributed by atoms with van der Waals surface area (Å²) in [5.74, 6) is 1.61. The molecule has 0 bridgehead atoms. The Hall–Kier alpha value is -3.40. The summed E-state index contributed by atoms with van der Waals surface area (Å²) in [5.41, 5.74) is 1.54. The van der Waals surface area contributed by atoms with E-state index >= 15 is 0 Å². The number of amides is 1. The highest BCUT2D eigenvalue weighted by Crippen LogP contribution is 2.22. The lowest BCUT2D eigenvalue weighted by atomic mass is 10.2. The Morgan fingerprint density at radius 3 is 2.64 bits per heavy atom. The molecule has 0 radical (unpaired) electrons. The minimum Gasteiger partial charge on any atom is -0.486 e. The van der Waals surface area contributed by atoms with E-state index in [9.17, 15) is 14.9 Å². The third-order valence-electron chi connectivity index (χ3n) is 4.71. The van der Waals surface area contributed by atoms with E-state index in [1.165, 1.54) is 35.5 Å². The normalized spacial score (nSPS) is 10.9. The molecule has 0 saturated carbocycles. The summed E-state index contributed by atoms with van der Waals surface area (Å²) in [6.07, 6.45) is 0.971. The topological polar surface area (TPSA) is 112 Å². The summed E-state index contributed by atoms with van der Waals surface area (Å²) in [6.45, 7) is 7.25. The van der Waals surface area contributed by atoms with Crippen molar-refractivity contribution in [3.63, 3.8) is 0 Å². The number of nitrogens with zero attached hydrogens (tertiary/aromatic N) is 4. The van der Waals surface area contributed by atoms with Crippen LogP contribution in [0.25, 0.3) is 0 Å². The van der Waals surface area contributed by atoms with E-state index < -0.39 is 4.92 Å². The Balaban J connectivity index is 1.63. The molecule has 3 rings (SSSR count). The maximum absolute atomic E-state index is 12.4. The monoisotopic (exact) mass is 469 g/mol. The fourth-order valence-corrected chi connectivity index (χ4v) is 3.84. The zero-order chi connectivity index (χ0) is 23.8. The van der Waals surface area contributed by atoms with Crippen molar-refractivity contribution in [1.82, 2.24) is 14.8 Å².